The summed E-state index contributed by atoms with van der Waals surface area (Å²) in [5.41, 5.74) is 6.98. The fraction of sp³-hybridized carbons (Fsp3) is 0.174. The van der Waals surface area contributed by atoms with Gasteiger partial charge in [-0.25, -0.2) is 4.79 Å². The van der Waals surface area contributed by atoms with Crippen LogP contribution in [0.5, 0.6) is 5.75 Å². The molecule has 8 nitrogen and oxygen atoms in total. The van der Waals surface area contributed by atoms with Gasteiger partial charge in [-0.15, -0.1) is 0 Å². The lowest BCUT2D eigenvalue weighted by molar-refractivity contribution is -0.135. The number of anilines is 1. The zero-order chi connectivity index (χ0) is 21.8. The third-order valence-electron chi connectivity index (χ3n) is 4.89. The number of hydrogen-bond donors (Lipinski definition) is 2. The van der Waals surface area contributed by atoms with Crippen molar-refractivity contribution in [3.8, 4) is 5.75 Å². The van der Waals surface area contributed by atoms with Crippen molar-refractivity contribution in [3.63, 3.8) is 0 Å². The van der Waals surface area contributed by atoms with Crippen molar-refractivity contribution in [1.29, 1.82) is 0 Å². The van der Waals surface area contributed by atoms with Gasteiger partial charge in [0.05, 0.1) is 6.54 Å². The average molecular weight is 419 g/mol. The number of nitrogens with two attached hydrogens (primary N) is 1. The highest BCUT2D eigenvalue weighted by molar-refractivity contribution is 6.00. The Morgan fingerprint density at radius 1 is 1.16 bits per heavy atom. The first-order valence-electron chi connectivity index (χ1n) is 9.72. The maximum atomic E-state index is 12.4. The molecule has 0 aromatic heterocycles. The van der Waals surface area contributed by atoms with E-state index in [1.54, 1.807) is 24.3 Å². The third kappa shape index (κ3) is 4.58. The number of fused-ring (bicyclic) bond motifs is 1. The number of cyclic esters (lactones) is 1. The molecule has 0 aliphatic carbocycles. The van der Waals surface area contributed by atoms with E-state index in [0.717, 1.165) is 16.5 Å². The number of amidine groups is 1. The zero-order valence-corrected chi connectivity index (χ0v) is 16.6. The molecular weight excluding hydrogens is 398 g/mol. The van der Waals surface area contributed by atoms with Crippen molar-refractivity contribution < 1.29 is 24.2 Å². The zero-order valence-electron chi connectivity index (χ0n) is 16.6. The van der Waals surface area contributed by atoms with E-state index in [2.05, 4.69) is 4.99 Å². The summed E-state index contributed by atoms with van der Waals surface area (Å²) < 4.78 is 11.4. The van der Waals surface area contributed by atoms with Crippen LogP contribution in [0, 0.1) is 0 Å². The van der Waals surface area contributed by atoms with Crippen LogP contribution in [0.1, 0.15) is 5.56 Å². The fourth-order valence-electron chi connectivity index (χ4n) is 3.40. The Bertz CT molecular complexity index is 1160. The van der Waals surface area contributed by atoms with Gasteiger partial charge in [-0.1, -0.05) is 48.5 Å². The molecule has 1 atom stereocenters. The van der Waals surface area contributed by atoms with Crippen LogP contribution in [0.25, 0.3) is 10.8 Å². The summed E-state index contributed by atoms with van der Waals surface area (Å²) in [5, 5.41) is 10.8. The molecule has 1 unspecified atom stereocenters. The Balaban J connectivity index is 1.44. The Hall–Kier alpha value is -4.07. The van der Waals surface area contributed by atoms with Gasteiger partial charge >= 0.3 is 12.1 Å². The first-order chi connectivity index (χ1) is 15.0. The SMILES string of the molecule is NC(=NCC(=O)O)c1cccc(N2CC(COc3cccc4ccccc34)OC2=O)c1. The van der Waals surface area contributed by atoms with Crippen LogP contribution in [0.3, 0.4) is 0 Å². The molecule has 1 heterocycles. The summed E-state index contributed by atoms with van der Waals surface area (Å²) in [4.78, 5) is 28.4. The predicted molar refractivity (Wildman–Crippen MR) is 117 cm³/mol. The van der Waals surface area contributed by atoms with Gasteiger partial charge in [0.1, 0.15) is 24.7 Å². The second kappa shape index (κ2) is 8.74. The maximum absolute atomic E-state index is 12.4. The number of nitrogens with zero attached hydrogens (tertiary/aromatic N) is 2. The second-order valence-electron chi connectivity index (χ2n) is 7.05. The minimum absolute atomic E-state index is 0.0904. The van der Waals surface area contributed by atoms with E-state index in [1.807, 2.05) is 42.5 Å². The molecule has 0 radical (unpaired) electrons. The van der Waals surface area contributed by atoms with Gasteiger partial charge in [-0.2, -0.15) is 0 Å². The quantitative estimate of drug-likeness (QED) is 0.449. The number of aliphatic imine (C=N–C) groups is 1. The van der Waals surface area contributed by atoms with Crippen LogP contribution in [0.2, 0.25) is 0 Å². The number of carbonyl (C=O) groups excluding carboxylic acids is 1. The van der Waals surface area contributed by atoms with Crippen molar-refractivity contribution in [2.24, 2.45) is 10.7 Å². The Labute approximate surface area is 178 Å². The number of carboxylic acids is 1. The van der Waals surface area contributed by atoms with Crippen LogP contribution >= 0.6 is 0 Å². The van der Waals surface area contributed by atoms with E-state index in [0.29, 0.717) is 17.8 Å². The van der Waals surface area contributed by atoms with E-state index in [-0.39, 0.29) is 12.4 Å². The fourth-order valence-corrected chi connectivity index (χ4v) is 3.40. The number of aliphatic carboxylic acids is 1. The normalized spacial score (nSPS) is 16.4. The van der Waals surface area contributed by atoms with Crippen molar-refractivity contribution in [1.82, 2.24) is 0 Å². The lowest BCUT2D eigenvalue weighted by atomic mass is 10.1. The number of hydrogen-bond acceptors (Lipinski definition) is 5. The molecule has 1 saturated heterocycles. The Kier molecular flexibility index (Phi) is 5.70. The number of ether oxygens (including phenoxy) is 2. The first-order valence-corrected chi connectivity index (χ1v) is 9.72. The molecule has 1 aliphatic heterocycles. The monoisotopic (exact) mass is 419 g/mol. The third-order valence-corrected chi connectivity index (χ3v) is 4.89. The summed E-state index contributed by atoms with van der Waals surface area (Å²) in [6, 6.07) is 20.6. The van der Waals surface area contributed by atoms with E-state index in [4.69, 9.17) is 20.3 Å². The molecule has 0 saturated carbocycles. The standard InChI is InChI=1S/C23H21N3O5/c24-22(25-12-21(27)28)16-7-3-8-17(11-16)26-13-18(31-23(26)29)14-30-20-10-4-6-15-5-1-2-9-19(15)20/h1-11,18H,12-14H2,(H2,24,25)(H,27,28). The van der Waals surface area contributed by atoms with Crippen LogP contribution in [-0.4, -0.2) is 48.8 Å². The van der Waals surface area contributed by atoms with Crippen molar-refractivity contribution in [2.45, 2.75) is 6.10 Å². The van der Waals surface area contributed by atoms with Gasteiger partial charge in [0, 0.05) is 16.6 Å². The van der Waals surface area contributed by atoms with E-state index in [1.165, 1.54) is 4.90 Å². The van der Waals surface area contributed by atoms with Gasteiger partial charge in [0.25, 0.3) is 0 Å². The van der Waals surface area contributed by atoms with Gasteiger partial charge in [-0.05, 0) is 23.6 Å². The minimum atomic E-state index is -1.07. The molecule has 3 aromatic carbocycles. The Morgan fingerprint density at radius 2 is 1.94 bits per heavy atom. The molecular formula is C23H21N3O5. The summed E-state index contributed by atoms with van der Waals surface area (Å²) in [6.07, 6.45) is -0.919. The van der Waals surface area contributed by atoms with Crippen LogP contribution < -0.4 is 15.4 Å². The molecule has 0 bridgehead atoms. The number of carboxylic acid groups (broad SMARTS) is 1. The molecule has 31 heavy (non-hydrogen) atoms. The largest absolute Gasteiger partial charge is 0.489 e. The molecule has 8 heteroatoms. The summed E-state index contributed by atoms with van der Waals surface area (Å²) in [6.45, 7) is 0.118. The van der Waals surface area contributed by atoms with Gasteiger partial charge in [-0.3, -0.25) is 14.7 Å². The van der Waals surface area contributed by atoms with Crippen molar-refractivity contribution in [2.75, 3.05) is 24.6 Å². The lowest BCUT2D eigenvalue weighted by Crippen LogP contribution is -2.27. The molecule has 4 rings (SSSR count). The highest BCUT2D eigenvalue weighted by atomic mass is 16.6. The number of carbonyl (C=O) groups is 2. The van der Waals surface area contributed by atoms with E-state index < -0.39 is 24.7 Å². The molecule has 0 spiro atoms. The number of amides is 1. The molecule has 3 aromatic rings. The van der Waals surface area contributed by atoms with Crippen molar-refractivity contribution >= 4 is 34.4 Å². The number of rotatable bonds is 7. The predicted octanol–water partition coefficient (Wildman–Crippen LogP) is 3.03. The highest BCUT2D eigenvalue weighted by Crippen LogP contribution is 2.27. The van der Waals surface area contributed by atoms with E-state index in [9.17, 15) is 9.59 Å². The maximum Gasteiger partial charge on any atom is 0.414 e. The molecule has 1 amide bonds. The summed E-state index contributed by atoms with van der Waals surface area (Å²) >= 11 is 0. The first kappa shape index (κ1) is 20.2. The highest BCUT2D eigenvalue weighted by Gasteiger charge is 2.33. The smallest absolute Gasteiger partial charge is 0.414 e. The summed E-state index contributed by atoms with van der Waals surface area (Å²) in [7, 11) is 0. The van der Waals surface area contributed by atoms with Crippen molar-refractivity contribution in [3.05, 3.63) is 72.3 Å². The minimum Gasteiger partial charge on any atom is -0.489 e. The Morgan fingerprint density at radius 3 is 2.77 bits per heavy atom. The van der Waals surface area contributed by atoms with Gasteiger partial charge in [0.2, 0.25) is 0 Å². The number of benzene rings is 3. The van der Waals surface area contributed by atoms with Crippen LogP contribution in [0.4, 0.5) is 10.5 Å². The molecule has 3 N–H and O–H groups in total. The van der Waals surface area contributed by atoms with Crippen LogP contribution in [0.15, 0.2) is 71.7 Å². The molecule has 1 aliphatic rings. The van der Waals surface area contributed by atoms with Crippen LogP contribution in [-0.2, 0) is 9.53 Å². The topological polar surface area (TPSA) is 114 Å². The molecule has 1 fully saturated rings. The summed E-state index contributed by atoms with van der Waals surface area (Å²) in [5.74, 6) is -0.249. The molecule has 158 valence electrons. The van der Waals surface area contributed by atoms with E-state index >= 15 is 0 Å². The lowest BCUT2D eigenvalue weighted by Gasteiger charge is -2.15. The average Bonchev–Trinajstić information content (AvgIpc) is 3.16. The second-order valence-corrected chi connectivity index (χ2v) is 7.05. The van der Waals surface area contributed by atoms with Gasteiger partial charge in [0.15, 0.2) is 6.10 Å². The van der Waals surface area contributed by atoms with Gasteiger partial charge < -0.3 is 20.3 Å².